The van der Waals surface area contributed by atoms with Gasteiger partial charge in [0, 0.05) is 33.6 Å². The number of carbonyl (C=O) groups excluding carboxylic acids is 3. The molecule has 8 heteroatoms. The van der Waals surface area contributed by atoms with E-state index >= 15 is 0 Å². The van der Waals surface area contributed by atoms with Crippen LogP contribution in [0.5, 0.6) is 5.75 Å². The number of rotatable bonds is 6. The third kappa shape index (κ3) is 5.31. The zero-order valence-corrected chi connectivity index (χ0v) is 19.6. The first kappa shape index (κ1) is 23.9. The number of nitrogens with one attached hydrogen (secondary N) is 1. The first-order valence-electron chi connectivity index (χ1n) is 10.7. The van der Waals surface area contributed by atoms with Gasteiger partial charge in [0.1, 0.15) is 16.9 Å². The van der Waals surface area contributed by atoms with E-state index in [-0.39, 0.29) is 39.8 Å². The van der Waals surface area contributed by atoms with Gasteiger partial charge >= 0.3 is 11.6 Å². The second-order valence-electron chi connectivity index (χ2n) is 8.05. The van der Waals surface area contributed by atoms with Gasteiger partial charge in [-0.3, -0.25) is 9.59 Å². The molecule has 0 unspecified atom stereocenters. The summed E-state index contributed by atoms with van der Waals surface area (Å²) in [5, 5.41) is 3.62. The predicted molar refractivity (Wildman–Crippen MR) is 131 cm³/mol. The van der Waals surface area contributed by atoms with Gasteiger partial charge in [0.2, 0.25) is 0 Å². The van der Waals surface area contributed by atoms with Gasteiger partial charge in [-0.2, -0.15) is 0 Å². The highest BCUT2D eigenvalue weighted by Crippen LogP contribution is 2.23. The van der Waals surface area contributed by atoms with E-state index in [0.717, 1.165) is 0 Å². The fourth-order valence-corrected chi connectivity index (χ4v) is 3.56. The number of ketones is 1. The minimum Gasteiger partial charge on any atom is -0.423 e. The summed E-state index contributed by atoms with van der Waals surface area (Å²) in [5.41, 5.74) is -0.155. The lowest BCUT2D eigenvalue weighted by molar-refractivity contribution is 0.0730. The molecule has 3 aromatic carbocycles. The molecule has 4 aromatic rings. The van der Waals surface area contributed by atoms with Crippen molar-refractivity contribution in [3.8, 4) is 5.75 Å². The molecule has 0 aliphatic rings. The summed E-state index contributed by atoms with van der Waals surface area (Å²) < 4.78 is 10.8. The van der Waals surface area contributed by atoms with Crippen LogP contribution in [0.4, 0.5) is 0 Å². The molecule has 0 saturated heterocycles. The largest absolute Gasteiger partial charge is 0.423 e. The molecule has 35 heavy (non-hydrogen) atoms. The summed E-state index contributed by atoms with van der Waals surface area (Å²) in [6, 6.07) is 18.4. The molecule has 0 bridgehead atoms. The van der Waals surface area contributed by atoms with Crippen LogP contribution >= 0.6 is 11.6 Å². The van der Waals surface area contributed by atoms with Crippen LogP contribution in [0.2, 0.25) is 5.02 Å². The molecule has 1 amide bonds. The highest BCUT2D eigenvalue weighted by atomic mass is 35.5. The van der Waals surface area contributed by atoms with Crippen LogP contribution in [0.15, 0.2) is 82.0 Å². The van der Waals surface area contributed by atoms with Crippen LogP contribution in [0.3, 0.4) is 0 Å². The van der Waals surface area contributed by atoms with Crippen molar-refractivity contribution in [1.82, 2.24) is 5.32 Å². The molecule has 0 aliphatic carbocycles. The van der Waals surface area contributed by atoms with E-state index in [9.17, 15) is 19.2 Å². The van der Waals surface area contributed by atoms with E-state index in [1.165, 1.54) is 30.3 Å². The Morgan fingerprint density at radius 2 is 1.57 bits per heavy atom. The lowest BCUT2D eigenvalue weighted by Crippen LogP contribution is -2.33. The SMILES string of the molecule is CC(C)NC(=O)c1cc2ccc(OC(=O)c3ccccc3C(=O)c3ccc(Cl)cc3)cc2oc1=O. The van der Waals surface area contributed by atoms with Gasteiger partial charge in [-0.05, 0) is 62.4 Å². The number of benzene rings is 3. The van der Waals surface area contributed by atoms with Gasteiger partial charge in [-0.15, -0.1) is 0 Å². The Balaban J connectivity index is 1.61. The van der Waals surface area contributed by atoms with Crippen LogP contribution < -0.4 is 15.7 Å². The number of carbonyl (C=O) groups is 3. The summed E-state index contributed by atoms with van der Waals surface area (Å²) in [6.45, 7) is 3.56. The second-order valence-corrected chi connectivity index (χ2v) is 8.48. The molecule has 1 N–H and O–H groups in total. The van der Waals surface area contributed by atoms with Crippen molar-refractivity contribution >= 4 is 40.2 Å². The molecule has 1 aromatic heterocycles. The zero-order chi connectivity index (χ0) is 25.1. The molecule has 176 valence electrons. The summed E-state index contributed by atoms with van der Waals surface area (Å²) in [6.07, 6.45) is 0. The van der Waals surface area contributed by atoms with E-state index in [1.54, 1.807) is 56.3 Å². The molecule has 0 spiro atoms. The summed E-state index contributed by atoms with van der Waals surface area (Å²) in [7, 11) is 0. The Kier molecular flexibility index (Phi) is 6.80. The highest BCUT2D eigenvalue weighted by Gasteiger charge is 2.20. The third-order valence-corrected chi connectivity index (χ3v) is 5.33. The second kappa shape index (κ2) is 9.95. The van der Waals surface area contributed by atoms with Crippen molar-refractivity contribution < 1.29 is 23.5 Å². The summed E-state index contributed by atoms with van der Waals surface area (Å²) >= 11 is 5.90. The zero-order valence-electron chi connectivity index (χ0n) is 18.8. The van der Waals surface area contributed by atoms with Crippen molar-refractivity contribution in [3.63, 3.8) is 0 Å². The number of fused-ring (bicyclic) bond motifs is 1. The van der Waals surface area contributed by atoms with Crippen LogP contribution in [0.25, 0.3) is 11.0 Å². The van der Waals surface area contributed by atoms with Crippen LogP contribution in [-0.2, 0) is 0 Å². The van der Waals surface area contributed by atoms with Gasteiger partial charge in [0.15, 0.2) is 5.78 Å². The average Bonchev–Trinajstić information content (AvgIpc) is 2.83. The number of ether oxygens (including phenoxy) is 1. The maximum Gasteiger partial charge on any atom is 0.349 e. The molecule has 1 heterocycles. The van der Waals surface area contributed by atoms with Crippen LogP contribution in [-0.4, -0.2) is 23.7 Å². The lowest BCUT2D eigenvalue weighted by atomic mass is 9.98. The molecule has 0 fully saturated rings. The first-order valence-corrected chi connectivity index (χ1v) is 11.1. The van der Waals surface area contributed by atoms with Crippen molar-refractivity contribution in [2.45, 2.75) is 19.9 Å². The molecule has 0 aliphatic heterocycles. The Morgan fingerprint density at radius 1 is 0.886 bits per heavy atom. The Bertz CT molecular complexity index is 1500. The monoisotopic (exact) mass is 489 g/mol. The molecule has 0 saturated carbocycles. The normalized spacial score (nSPS) is 10.9. The van der Waals surface area contributed by atoms with Gasteiger partial charge in [-0.25, -0.2) is 9.59 Å². The van der Waals surface area contributed by atoms with Crippen molar-refractivity contribution in [2.75, 3.05) is 0 Å². The van der Waals surface area contributed by atoms with Crippen LogP contribution in [0.1, 0.15) is 50.5 Å². The Morgan fingerprint density at radius 3 is 2.26 bits per heavy atom. The minimum absolute atomic E-state index is 0.0784. The quantitative estimate of drug-likeness (QED) is 0.176. The molecule has 7 nitrogen and oxygen atoms in total. The standard InChI is InChI=1S/C27H20ClNO6/c1-15(2)29-25(31)22-13-17-9-12-19(14-23(17)35-27(22)33)34-26(32)21-6-4-3-5-20(21)24(30)16-7-10-18(28)11-8-16/h3-15H,1-2H3,(H,29,31). The minimum atomic E-state index is -0.807. The van der Waals surface area contributed by atoms with Crippen molar-refractivity contribution in [1.29, 1.82) is 0 Å². The smallest absolute Gasteiger partial charge is 0.349 e. The van der Waals surface area contributed by atoms with Gasteiger partial charge in [0.25, 0.3) is 5.91 Å². The van der Waals surface area contributed by atoms with Gasteiger partial charge in [-0.1, -0.05) is 29.8 Å². The molecule has 4 rings (SSSR count). The highest BCUT2D eigenvalue weighted by molar-refractivity contribution is 6.30. The number of hydrogen-bond donors (Lipinski definition) is 1. The van der Waals surface area contributed by atoms with E-state index in [0.29, 0.717) is 16.0 Å². The van der Waals surface area contributed by atoms with E-state index < -0.39 is 17.5 Å². The van der Waals surface area contributed by atoms with E-state index in [4.69, 9.17) is 20.8 Å². The van der Waals surface area contributed by atoms with Crippen LogP contribution in [0, 0.1) is 0 Å². The summed E-state index contributed by atoms with van der Waals surface area (Å²) in [4.78, 5) is 50.4. The maximum atomic E-state index is 13.0. The van der Waals surface area contributed by atoms with Gasteiger partial charge in [0.05, 0.1) is 5.56 Å². The fraction of sp³-hybridized carbons (Fsp3) is 0.111. The molecular weight excluding hydrogens is 470 g/mol. The van der Waals surface area contributed by atoms with Crippen molar-refractivity contribution in [3.05, 3.63) is 110 Å². The van der Waals surface area contributed by atoms with Crippen molar-refractivity contribution in [2.24, 2.45) is 0 Å². The third-order valence-electron chi connectivity index (χ3n) is 5.08. The topological polar surface area (TPSA) is 103 Å². The number of esters is 1. The van der Waals surface area contributed by atoms with E-state index in [1.807, 2.05) is 0 Å². The maximum absolute atomic E-state index is 13.0. The average molecular weight is 490 g/mol. The Hall–Kier alpha value is -4.23. The predicted octanol–water partition coefficient (Wildman–Crippen LogP) is 5.03. The molecule has 0 atom stereocenters. The molecule has 0 radical (unpaired) electrons. The lowest BCUT2D eigenvalue weighted by Gasteiger charge is -2.10. The number of hydrogen-bond acceptors (Lipinski definition) is 6. The molecular formula is C27H20ClNO6. The number of amides is 1. The van der Waals surface area contributed by atoms with Gasteiger partial charge < -0.3 is 14.5 Å². The fourth-order valence-electron chi connectivity index (χ4n) is 3.43. The summed E-state index contributed by atoms with van der Waals surface area (Å²) in [5.74, 6) is -1.53. The van der Waals surface area contributed by atoms with E-state index in [2.05, 4.69) is 5.32 Å². The Labute approximate surface area is 205 Å². The first-order chi connectivity index (χ1) is 16.7. The number of halogens is 1.